The lowest BCUT2D eigenvalue weighted by atomic mass is 10.2. The highest BCUT2D eigenvalue weighted by atomic mass is 19.1. The number of ether oxygens (including phenoxy) is 1. The van der Waals surface area contributed by atoms with Gasteiger partial charge in [0.15, 0.2) is 0 Å². The smallest absolute Gasteiger partial charge is 0.409 e. The summed E-state index contributed by atoms with van der Waals surface area (Å²) in [6.45, 7) is 3.64. The van der Waals surface area contributed by atoms with Crippen LogP contribution >= 0.6 is 0 Å². The fourth-order valence-corrected chi connectivity index (χ4v) is 2.69. The van der Waals surface area contributed by atoms with E-state index in [9.17, 15) is 14.0 Å². The minimum Gasteiger partial charge on any atom is -0.450 e. The van der Waals surface area contributed by atoms with Crippen molar-refractivity contribution in [3.05, 3.63) is 48.0 Å². The van der Waals surface area contributed by atoms with Crippen molar-refractivity contribution in [1.29, 1.82) is 0 Å². The molecule has 1 aliphatic rings. The maximum atomic E-state index is 13.7. The van der Waals surface area contributed by atoms with Crippen molar-refractivity contribution in [3.63, 3.8) is 0 Å². The van der Waals surface area contributed by atoms with Crippen molar-refractivity contribution in [1.82, 2.24) is 19.8 Å². The Bertz CT molecular complexity index is 824. The number of carbonyl (C=O) groups excluding carboxylic acids is 2. The molecule has 1 fully saturated rings. The molecule has 0 unspecified atom stereocenters. The van der Waals surface area contributed by atoms with Gasteiger partial charge in [-0.05, 0) is 25.1 Å². The van der Waals surface area contributed by atoms with E-state index >= 15 is 0 Å². The van der Waals surface area contributed by atoms with Crippen LogP contribution < -0.4 is 5.32 Å². The number of anilines is 2. The Morgan fingerprint density at radius 3 is 2.56 bits per heavy atom. The standard InChI is InChI=1S/C18H20FN5O3/c1-2-27-18(26)24-11-9-23(10-12-24)16(25)15-7-8-20-17(22-15)21-14-6-4-3-5-13(14)19/h3-8H,2,9-12H2,1H3,(H,20,21,22). The van der Waals surface area contributed by atoms with Crippen LogP contribution in [0.4, 0.5) is 20.8 Å². The lowest BCUT2D eigenvalue weighted by Crippen LogP contribution is -2.50. The van der Waals surface area contributed by atoms with Crippen LogP contribution in [0.15, 0.2) is 36.5 Å². The molecular formula is C18H20FN5O3. The van der Waals surface area contributed by atoms with Crippen molar-refractivity contribution in [2.24, 2.45) is 0 Å². The summed E-state index contributed by atoms with van der Waals surface area (Å²) in [5, 5.41) is 2.77. The zero-order chi connectivity index (χ0) is 19.2. The van der Waals surface area contributed by atoms with E-state index in [1.807, 2.05) is 0 Å². The molecule has 2 heterocycles. The molecule has 9 heteroatoms. The number of hydrogen-bond acceptors (Lipinski definition) is 6. The van der Waals surface area contributed by atoms with Crippen LogP contribution in [0.2, 0.25) is 0 Å². The minimum atomic E-state index is -0.437. The molecule has 0 saturated carbocycles. The molecule has 2 aromatic rings. The number of piperazine rings is 1. The van der Waals surface area contributed by atoms with Gasteiger partial charge in [-0.2, -0.15) is 0 Å². The van der Waals surface area contributed by atoms with Crippen molar-refractivity contribution in [2.75, 3.05) is 38.1 Å². The van der Waals surface area contributed by atoms with Gasteiger partial charge in [-0.3, -0.25) is 4.79 Å². The molecule has 27 heavy (non-hydrogen) atoms. The summed E-state index contributed by atoms with van der Waals surface area (Å²) in [5.74, 6) is -0.568. The molecule has 8 nitrogen and oxygen atoms in total. The number of carbonyl (C=O) groups is 2. The third-order valence-electron chi connectivity index (χ3n) is 4.09. The normalized spacial score (nSPS) is 14.0. The second-order valence-corrected chi connectivity index (χ2v) is 5.85. The predicted octanol–water partition coefficient (Wildman–Crippen LogP) is 2.27. The van der Waals surface area contributed by atoms with E-state index in [-0.39, 0.29) is 29.3 Å². The summed E-state index contributed by atoms with van der Waals surface area (Å²) in [4.78, 5) is 35.8. The van der Waals surface area contributed by atoms with Crippen LogP contribution in [0, 0.1) is 5.82 Å². The van der Waals surface area contributed by atoms with Crippen molar-refractivity contribution < 1.29 is 18.7 Å². The second-order valence-electron chi connectivity index (χ2n) is 5.85. The Morgan fingerprint density at radius 1 is 1.15 bits per heavy atom. The molecule has 142 valence electrons. The van der Waals surface area contributed by atoms with Crippen molar-refractivity contribution in [3.8, 4) is 0 Å². The molecule has 0 aliphatic carbocycles. The molecule has 1 aromatic carbocycles. The maximum Gasteiger partial charge on any atom is 0.409 e. The van der Waals surface area contributed by atoms with Crippen LogP contribution in [0.25, 0.3) is 0 Å². The van der Waals surface area contributed by atoms with E-state index in [4.69, 9.17) is 4.74 Å². The summed E-state index contributed by atoms with van der Waals surface area (Å²) in [7, 11) is 0. The Hall–Kier alpha value is -3.23. The largest absolute Gasteiger partial charge is 0.450 e. The maximum absolute atomic E-state index is 13.7. The van der Waals surface area contributed by atoms with Gasteiger partial charge in [-0.1, -0.05) is 12.1 Å². The summed E-state index contributed by atoms with van der Waals surface area (Å²) < 4.78 is 18.7. The van der Waals surface area contributed by atoms with Crippen molar-refractivity contribution in [2.45, 2.75) is 6.92 Å². The minimum absolute atomic E-state index is 0.135. The first-order valence-electron chi connectivity index (χ1n) is 8.64. The summed E-state index contributed by atoms with van der Waals surface area (Å²) in [6, 6.07) is 7.65. The second kappa shape index (κ2) is 8.43. The fourth-order valence-electron chi connectivity index (χ4n) is 2.69. The lowest BCUT2D eigenvalue weighted by molar-refractivity contribution is 0.0566. The number of aromatic nitrogens is 2. The summed E-state index contributed by atoms with van der Waals surface area (Å²) in [5.41, 5.74) is 0.429. The zero-order valence-corrected chi connectivity index (χ0v) is 14.9. The third kappa shape index (κ3) is 4.49. The van der Waals surface area contributed by atoms with Gasteiger partial charge in [-0.15, -0.1) is 0 Å². The Balaban J connectivity index is 1.64. The highest BCUT2D eigenvalue weighted by molar-refractivity contribution is 5.92. The number of nitrogens with zero attached hydrogens (tertiary/aromatic N) is 4. The third-order valence-corrected chi connectivity index (χ3v) is 4.09. The lowest BCUT2D eigenvalue weighted by Gasteiger charge is -2.33. The molecule has 3 rings (SSSR count). The first-order valence-corrected chi connectivity index (χ1v) is 8.64. The van der Waals surface area contributed by atoms with Gasteiger partial charge in [0.25, 0.3) is 5.91 Å². The number of nitrogens with one attached hydrogen (secondary N) is 1. The van der Waals surface area contributed by atoms with Crippen LogP contribution in [-0.2, 0) is 4.74 Å². The van der Waals surface area contributed by atoms with Gasteiger partial charge >= 0.3 is 6.09 Å². The van der Waals surface area contributed by atoms with Gasteiger partial charge in [0, 0.05) is 32.4 Å². The molecule has 0 spiro atoms. The van der Waals surface area contributed by atoms with Gasteiger partial charge in [-0.25, -0.2) is 19.2 Å². The Kier molecular flexibility index (Phi) is 5.80. The molecule has 1 saturated heterocycles. The number of rotatable bonds is 4. The highest BCUT2D eigenvalue weighted by Crippen LogP contribution is 2.17. The molecule has 0 radical (unpaired) electrons. The number of para-hydroxylation sites is 1. The molecule has 0 bridgehead atoms. The van der Waals surface area contributed by atoms with Gasteiger partial charge in [0.2, 0.25) is 5.95 Å². The number of hydrogen-bond donors (Lipinski definition) is 1. The van der Waals surface area contributed by atoms with Crippen LogP contribution in [0.5, 0.6) is 0 Å². The zero-order valence-electron chi connectivity index (χ0n) is 14.9. The average Bonchev–Trinajstić information content (AvgIpc) is 2.70. The molecule has 1 N–H and O–H groups in total. The van der Waals surface area contributed by atoms with Crippen LogP contribution in [0.3, 0.4) is 0 Å². The number of benzene rings is 1. The van der Waals surface area contributed by atoms with Crippen LogP contribution in [0.1, 0.15) is 17.4 Å². The van der Waals surface area contributed by atoms with E-state index in [0.717, 1.165) is 0 Å². The first kappa shape index (κ1) is 18.6. The topological polar surface area (TPSA) is 87.7 Å². The Morgan fingerprint density at radius 2 is 1.85 bits per heavy atom. The molecule has 2 amide bonds. The SMILES string of the molecule is CCOC(=O)N1CCN(C(=O)c2ccnc(Nc3ccccc3F)n2)CC1. The molecule has 1 aliphatic heterocycles. The summed E-state index contributed by atoms with van der Waals surface area (Å²) in [6.07, 6.45) is 1.07. The Labute approximate surface area is 156 Å². The van der Waals surface area contributed by atoms with Crippen molar-refractivity contribution >= 4 is 23.6 Å². The highest BCUT2D eigenvalue weighted by Gasteiger charge is 2.26. The van der Waals surface area contributed by atoms with Gasteiger partial charge < -0.3 is 19.9 Å². The molecule has 0 atom stereocenters. The van der Waals surface area contributed by atoms with E-state index in [1.54, 1.807) is 34.9 Å². The van der Waals surface area contributed by atoms with E-state index in [1.165, 1.54) is 18.3 Å². The first-order chi connectivity index (χ1) is 13.1. The van der Waals surface area contributed by atoms with Gasteiger partial charge in [0.05, 0.1) is 12.3 Å². The molecule has 1 aromatic heterocycles. The van der Waals surface area contributed by atoms with Gasteiger partial charge in [0.1, 0.15) is 11.5 Å². The summed E-state index contributed by atoms with van der Waals surface area (Å²) >= 11 is 0. The number of halogens is 1. The molecular weight excluding hydrogens is 353 g/mol. The number of amides is 2. The quantitative estimate of drug-likeness (QED) is 0.885. The average molecular weight is 373 g/mol. The van der Waals surface area contributed by atoms with Crippen LogP contribution in [-0.4, -0.2) is 64.6 Å². The van der Waals surface area contributed by atoms with E-state index in [0.29, 0.717) is 32.8 Å². The van der Waals surface area contributed by atoms with E-state index in [2.05, 4.69) is 15.3 Å². The fraction of sp³-hybridized carbons (Fsp3) is 0.333. The van der Waals surface area contributed by atoms with E-state index < -0.39 is 5.82 Å². The monoisotopic (exact) mass is 373 g/mol. The predicted molar refractivity (Wildman–Crippen MR) is 96.2 cm³/mol.